The minimum Gasteiger partial charge on any atom is -0.352 e. The standard InChI is InChI=1S/C17H28N2O3S/c1-4-7-11-18-17(20)15-9-8-10-16(14-15)23(21,22)19(12-5-2)13-6-3/h8-10,14H,4-7,11-13H2,1-3H3,(H,18,20). The summed E-state index contributed by atoms with van der Waals surface area (Å²) in [6, 6.07) is 6.29. The predicted octanol–water partition coefficient (Wildman–Crippen LogP) is 3.03. The summed E-state index contributed by atoms with van der Waals surface area (Å²) >= 11 is 0. The number of unbranched alkanes of at least 4 members (excludes halogenated alkanes) is 1. The van der Waals surface area contributed by atoms with Crippen LogP contribution in [-0.2, 0) is 10.0 Å². The van der Waals surface area contributed by atoms with E-state index in [9.17, 15) is 13.2 Å². The van der Waals surface area contributed by atoms with Crippen LogP contribution in [0.5, 0.6) is 0 Å². The minimum absolute atomic E-state index is 0.183. The van der Waals surface area contributed by atoms with Crippen molar-refractivity contribution in [3.05, 3.63) is 29.8 Å². The zero-order chi connectivity index (χ0) is 17.3. The molecule has 0 saturated heterocycles. The number of hydrogen-bond donors (Lipinski definition) is 1. The number of nitrogens with one attached hydrogen (secondary N) is 1. The number of amides is 1. The zero-order valence-electron chi connectivity index (χ0n) is 14.3. The van der Waals surface area contributed by atoms with E-state index in [-0.39, 0.29) is 10.8 Å². The second-order valence-corrected chi connectivity index (χ2v) is 7.48. The molecule has 0 spiro atoms. The first-order chi connectivity index (χ1) is 11.0. The van der Waals surface area contributed by atoms with Crippen molar-refractivity contribution in [2.45, 2.75) is 51.3 Å². The Kier molecular flexibility index (Phi) is 8.26. The maximum Gasteiger partial charge on any atom is 0.251 e. The molecule has 0 unspecified atom stereocenters. The third-order valence-electron chi connectivity index (χ3n) is 3.50. The van der Waals surface area contributed by atoms with Crippen LogP contribution in [0.3, 0.4) is 0 Å². The molecule has 0 bridgehead atoms. The van der Waals surface area contributed by atoms with Crippen LogP contribution in [0.4, 0.5) is 0 Å². The Morgan fingerprint density at radius 3 is 2.30 bits per heavy atom. The van der Waals surface area contributed by atoms with Crippen LogP contribution < -0.4 is 5.32 Å². The molecule has 0 aliphatic rings. The van der Waals surface area contributed by atoms with Crippen LogP contribution in [0.1, 0.15) is 56.8 Å². The number of carbonyl (C=O) groups excluding carboxylic acids is 1. The molecule has 0 aliphatic carbocycles. The third kappa shape index (κ3) is 5.62. The summed E-state index contributed by atoms with van der Waals surface area (Å²) in [5, 5.41) is 2.81. The summed E-state index contributed by atoms with van der Waals surface area (Å²) in [6.45, 7) is 7.54. The fourth-order valence-electron chi connectivity index (χ4n) is 2.28. The highest BCUT2D eigenvalue weighted by atomic mass is 32.2. The fourth-order valence-corrected chi connectivity index (χ4v) is 3.95. The molecule has 1 amide bonds. The van der Waals surface area contributed by atoms with Crippen molar-refractivity contribution < 1.29 is 13.2 Å². The first kappa shape index (κ1) is 19.6. The predicted molar refractivity (Wildman–Crippen MR) is 93.0 cm³/mol. The zero-order valence-corrected chi connectivity index (χ0v) is 15.2. The van der Waals surface area contributed by atoms with Crippen molar-refractivity contribution >= 4 is 15.9 Å². The molecular formula is C17H28N2O3S. The molecule has 1 aromatic rings. The summed E-state index contributed by atoms with van der Waals surface area (Å²) in [7, 11) is -3.55. The van der Waals surface area contributed by atoms with Gasteiger partial charge in [-0.25, -0.2) is 8.42 Å². The molecule has 0 radical (unpaired) electrons. The van der Waals surface area contributed by atoms with Crippen molar-refractivity contribution in [3.63, 3.8) is 0 Å². The second-order valence-electron chi connectivity index (χ2n) is 5.54. The van der Waals surface area contributed by atoms with Gasteiger partial charge in [0.2, 0.25) is 10.0 Å². The van der Waals surface area contributed by atoms with Gasteiger partial charge in [0, 0.05) is 25.2 Å². The van der Waals surface area contributed by atoms with Gasteiger partial charge in [0.1, 0.15) is 0 Å². The van der Waals surface area contributed by atoms with E-state index < -0.39 is 10.0 Å². The van der Waals surface area contributed by atoms with Crippen molar-refractivity contribution in [1.29, 1.82) is 0 Å². The van der Waals surface area contributed by atoms with Gasteiger partial charge >= 0.3 is 0 Å². The van der Waals surface area contributed by atoms with Crippen LogP contribution in [0.2, 0.25) is 0 Å². The van der Waals surface area contributed by atoms with Crippen molar-refractivity contribution in [1.82, 2.24) is 9.62 Å². The highest BCUT2D eigenvalue weighted by Gasteiger charge is 2.23. The Balaban J connectivity index is 2.99. The van der Waals surface area contributed by atoms with Gasteiger partial charge in [0.15, 0.2) is 0 Å². The van der Waals surface area contributed by atoms with Crippen LogP contribution in [0.25, 0.3) is 0 Å². The summed E-state index contributed by atoms with van der Waals surface area (Å²) < 4.78 is 27.0. The molecule has 6 heteroatoms. The van der Waals surface area contributed by atoms with Crippen molar-refractivity contribution in [2.24, 2.45) is 0 Å². The molecule has 0 aromatic heterocycles. The van der Waals surface area contributed by atoms with Crippen molar-refractivity contribution in [3.8, 4) is 0 Å². The maximum absolute atomic E-state index is 12.7. The SMILES string of the molecule is CCCCNC(=O)c1cccc(S(=O)(=O)N(CCC)CCC)c1. The maximum atomic E-state index is 12.7. The first-order valence-corrected chi connectivity index (χ1v) is 9.79. The number of benzene rings is 1. The van der Waals surface area contributed by atoms with E-state index in [1.54, 1.807) is 18.2 Å². The first-order valence-electron chi connectivity index (χ1n) is 8.35. The molecule has 0 fully saturated rings. The van der Waals surface area contributed by atoms with Gasteiger partial charge in [-0.1, -0.05) is 33.3 Å². The minimum atomic E-state index is -3.55. The Bertz CT molecular complexity index is 594. The fraction of sp³-hybridized carbons (Fsp3) is 0.588. The van der Waals surface area contributed by atoms with Crippen LogP contribution in [0, 0.1) is 0 Å². The molecule has 5 nitrogen and oxygen atoms in total. The topological polar surface area (TPSA) is 66.5 Å². The molecule has 23 heavy (non-hydrogen) atoms. The average molecular weight is 340 g/mol. The van der Waals surface area contributed by atoms with Gasteiger partial charge in [0.25, 0.3) is 5.91 Å². The number of hydrogen-bond acceptors (Lipinski definition) is 3. The van der Waals surface area contributed by atoms with E-state index in [0.29, 0.717) is 25.2 Å². The molecule has 130 valence electrons. The normalized spacial score (nSPS) is 11.7. The number of carbonyl (C=O) groups is 1. The van der Waals surface area contributed by atoms with Gasteiger partial charge in [-0.3, -0.25) is 4.79 Å². The summed E-state index contributed by atoms with van der Waals surface area (Å²) in [5.41, 5.74) is 0.384. The van der Waals surface area contributed by atoms with Crippen molar-refractivity contribution in [2.75, 3.05) is 19.6 Å². The smallest absolute Gasteiger partial charge is 0.251 e. The van der Waals surface area contributed by atoms with Gasteiger partial charge in [-0.2, -0.15) is 4.31 Å². The lowest BCUT2D eigenvalue weighted by molar-refractivity contribution is 0.0953. The van der Waals surface area contributed by atoms with E-state index >= 15 is 0 Å². The van der Waals surface area contributed by atoms with Crippen LogP contribution in [-0.4, -0.2) is 38.3 Å². The molecule has 0 saturated carbocycles. The Hall–Kier alpha value is -1.40. The molecule has 1 rings (SSSR count). The number of nitrogens with zero attached hydrogens (tertiary/aromatic N) is 1. The highest BCUT2D eigenvalue weighted by molar-refractivity contribution is 7.89. The lowest BCUT2D eigenvalue weighted by Crippen LogP contribution is -2.33. The number of rotatable bonds is 10. The van der Waals surface area contributed by atoms with Crippen LogP contribution >= 0.6 is 0 Å². The monoisotopic (exact) mass is 340 g/mol. The third-order valence-corrected chi connectivity index (χ3v) is 5.39. The van der Waals surface area contributed by atoms with Gasteiger partial charge in [-0.15, -0.1) is 0 Å². The molecular weight excluding hydrogens is 312 g/mol. The summed E-state index contributed by atoms with van der Waals surface area (Å²) in [6.07, 6.45) is 3.43. The van der Waals surface area contributed by atoms with Gasteiger partial charge < -0.3 is 5.32 Å². The summed E-state index contributed by atoms with van der Waals surface area (Å²) in [5.74, 6) is -0.229. The van der Waals surface area contributed by atoms with E-state index in [0.717, 1.165) is 25.7 Å². The quantitative estimate of drug-likeness (QED) is 0.666. The van der Waals surface area contributed by atoms with E-state index in [2.05, 4.69) is 12.2 Å². The Labute approximate surface area is 140 Å². The van der Waals surface area contributed by atoms with Gasteiger partial charge in [-0.05, 0) is 37.5 Å². The molecule has 0 atom stereocenters. The lowest BCUT2D eigenvalue weighted by Gasteiger charge is -2.21. The number of sulfonamides is 1. The second kappa shape index (κ2) is 9.67. The molecule has 1 aromatic carbocycles. The Morgan fingerprint density at radius 2 is 1.74 bits per heavy atom. The van der Waals surface area contributed by atoms with E-state index in [1.165, 1.54) is 10.4 Å². The molecule has 1 N–H and O–H groups in total. The van der Waals surface area contributed by atoms with Crippen LogP contribution in [0.15, 0.2) is 29.2 Å². The Morgan fingerprint density at radius 1 is 1.09 bits per heavy atom. The van der Waals surface area contributed by atoms with Gasteiger partial charge in [0.05, 0.1) is 4.90 Å². The largest absolute Gasteiger partial charge is 0.352 e. The lowest BCUT2D eigenvalue weighted by atomic mass is 10.2. The molecule has 0 heterocycles. The van der Waals surface area contributed by atoms with E-state index in [4.69, 9.17) is 0 Å². The highest BCUT2D eigenvalue weighted by Crippen LogP contribution is 2.18. The molecule has 0 aliphatic heterocycles. The average Bonchev–Trinajstić information content (AvgIpc) is 2.55. The van der Waals surface area contributed by atoms with E-state index in [1.807, 2.05) is 13.8 Å². The summed E-state index contributed by atoms with van der Waals surface area (Å²) in [4.78, 5) is 12.3.